The van der Waals surface area contributed by atoms with Crippen LogP contribution < -0.4 is 16.4 Å². The Balaban J connectivity index is 0.00000400. The van der Waals surface area contributed by atoms with E-state index < -0.39 is 24.6 Å². The summed E-state index contributed by atoms with van der Waals surface area (Å²) in [6.45, 7) is 0.206. The lowest BCUT2D eigenvalue weighted by Crippen LogP contribution is -2.45. The van der Waals surface area contributed by atoms with Crippen molar-refractivity contribution in [3.05, 3.63) is 35.9 Å². The Morgan fingerprint density at radius 3 is 2.43 bits per heavy atom. The minimum Gasteiger partial charge on any atom is -0.445 e. The topological polar surface area (TPSA) is 114 Å². The highest BCUT2D eigenvalue weighted by molar-refractivity contribution is 5.85. The number of rotatable bonds is 7. The average Bonchev–Trinajstić information content (AvgIpc) is 2.49. The predicted octanol–water partition coefficient (Wildman–Crippen LogP) is -0.230. The standard InChI is InChI=1S/C13H19N3O4.ClH/c14-11(8-17)12(18)15-6-7-16-13(19)20-9-10-4-2-1-3-5-10;/h1-5,11,17H,6-9,14H2,(H,15,18)(H,16,19);1H/t11-;/m0./s1. The van der Waals surface area contributed by atoms with E-state index >= 15 is 0 Å². The van der Waals surface area contributed by atoms with Gasteiger partial charge in [0.2, 0.25) is 5.91 Å². The summed E-state index contributed by atoms with van der Waals surface area (Å²) in [5, 5.41) is 13.6. The van der Waals surface area contributed by atoms with Gasteiger partial charge in [0.25, 0.3) is 0 Å². The summed E-state index contributed by atoms with van der Waals surface area (Å²) in [5.74, 6) is -0.466. The van der Waals surface area contributed by atoms with Crippen LogP contribution in [0.1, 0.15) is 5.56 Å². The van der Waals surface area contributed by atoms with Crippen molar-refractivity contribution in [2.45, 2.75) is 12.6 Å². The number of aliphatic hydroxyl groups excluding tert-OH is 1. The normalized spacial score (nSPS) is 11.0. The molecule has 0 heterocycles. The first-order valence-electron chi connectivity index (χ1n) is 6.22. The number of halogens is 1. The van der Waals surface area contributed by atoms with Gasteiger partial charge in [0.15, 0.2) is 0 Å². The molecule has 1 atom stereocenters. The van der Waals surface area contributed by atoms with Gasteiger partial charge in [0.05, 0.1) is 6.61 Å². The Hall–Kier alpha value is -1.83. The van der Waals surface area contributed by atoms with Gasteiger partial charge < -0.3 is 26.2 Å². The lowest BCUT2D eigenvalue weighted by Gasteiger charge is -2.10. The summed E-state index contributed by atoms with van der Waals surface area (Å²) >= 11 is 0. The van der Waals surface area contributed by atoms with Crippen molar-refractivity contribution in [1.29, 1.82) is 0 Å². The number of carbonyl (C=O) groups is 2. The summed E-state index contributed by atoms with van der Waals surface area (Å²) in [6, 6.07) is 8.35. The molecule has 0 radical (unpaired) electrons. The van der Waals surface area contributed by atoms with Crippen molar-refractivity contribution in [1.82, 2.24) is 10.6 Å². The largest absolute Gasteiger partial charge is 0.445 e. The fraction of sp³-hybridized carbons (Fsp3) is 0.385. The number of benzene rings is 1. The molecule has 0 saturated heterocycles. The van der Waals surface area contributed by atoms with Crippen molar-refractivity contribution >= 4 is 24.4 Å². The minimum atomic E-state index is -0.944. The molecule has 5 N–H and O–H groups in total. The molecule has 1 aromatic carbocycles. The smallest absolute Gasteiger partial charge is 0.407 e. The van der Waals surface area contributed by atoms with Gasteiger partial charge >= 0.3 is 6.09 Å². The fourth-order valence-electron chi connectivity index (χ4n) is 1.34. The Labute approximate surface area is 129 Å². The number of hydrogen-bond donors (Lipinski definition) is 4. The molecule has 0 saturated carbocycles. The molecule has 0 aliphatic carbocycles. The first kappa shape index (κ1) is 19.2. The van der Waals surface area contributed by atoms with Crippen LogP contribution in [0, 0.1) is 0 Å². The highest BCUT2D eigenvalue weighted by Crippen LogP contribution is 2.00. The first-order valence-corrected chi connectivity index (χ1v) is 6.22. The number of carbonyl (C=O) groups excluding carboxylic acids is 2. The van der Waals surface area contributed by atoms with Gasteiger partial charge in [-0.1, -0.05) is 30.3 Å². The SMILES string of the molecule is Cl.N[C@@H](CO)C(=O)NCCNC(=O)OCc1ccccc1. The molecule has 1 rings (SSSR count). The zero-order chi connectivity index (χ0) is 14.8. The van der Waals surface area contributed by atoms with E-state index in [4.69, 9.17) is 15.6 Å². The van der Waals surface area contributed by atoms with E-state index in [-0.39, 0.29) is 32.1 Å². The highest BCUT2D eigenvalue weighted by atomic mass is 35.5. The van der Waals surface area contributed by atoms with Crippen molar-refractivity contribution in [2.24, 2.45) is 5.73 Å². The van der Waals surface area contributed by atoms with Crippen LogP contribution in [0.2, 0.25) is 0 Å². The highest BCUT2D eigenvalue weighted by Gasteiger charge is 2.10. The summed E-state index contributed by atoms with van der Waals surface area (Å²) in [7, 11) is 0. The quantitative estimate of drug-likeness (QED) is 0.519. The van der Waals surface area contributed by atoms with Crippen LogP contribution in [-0.4, -0.2) is 42.8 Å². The van der Waals surface area contributed by atoms with Crippen molar-refractivity contribution in [3.8, 4) is 0 Å². The summed E-state index contributed by atoms with van der Waals surface area (Å²) in [6.07, 6.45) is -0.561. The van der Waals surface area contributed by atoms with E-state index in [0.29, 0.717) is 0 Å². The van der Waals surface area contributed by atoms with Crippen LogP contribution >= 0.6 is 12.4 Å². The molecule has 21 heavy (non-hydrogen) atoms. The zero-order valence-electron chi connectivity index (χ0n) is 11.5. The maximum atomic E-state index is 11.3. The summed E-state index contributed by atoms with van der Waals surface area (Å²) in [5.41, 5.74) is 6.19. The number of nitrogens with one attached hydrogen (secondary N) is 2. The van der Waals surface area contributed by atoms with Crippen LogP contribution in [0.3, 0.4) is 0 Å². The number of nitrogens with two attached hydrogens (primary N) is 1. The Morgan fingerprint density at radius 2 is 1.81 bits per heavy atom. The first-order chi connectivity index (χ1) is 9.63. The third kappa shape index (κ3) is 8.13. The molecular weight excluding hydrogens is 298 g/mol. The predicted molar refractivity (Wildman–Crippen MR) is 79.9 cm³/mol. The van der Waals surface area contributed by atoms with Gasteiger partial charge in [-0.05, 0) is 5.56 Å². The Kier molecular flexibility index (Phi) is 9.95. The number of ether oxygens (including phenoxy) is 1. The van der Waals surface area contributed by atoms with E-state index in [1.54, 1.807) is 0 Å². The molecule has 0 unspecified atom stereocenters. The van der Waals surface area contributed by atoms with Crippen molar-refractivity contribution < 1.29 is 19.4 Å². The van der Waals surface area contributed by atoms with Gasteiger partial charge in [0.1, 0.15) is 12.6 Å². The van der Waals surface area contributed by atoms with E-state index in [1.165, 1.54) is 0 Å². The summed E-state index contributed by atoms with van der Waals surface area (Å²) in [4.78, 5) is 22.5. The van der Waals surface area contributed by atoms with Crippen LogP contribution in [0.4, 0.5) is 4.79 Å². The zero-order valence-corrected chi connectivity index (χ0v) is 12.3. The molecule has 8 heteroatoms. The molecule has 0 bridgehead atoms. The Bertz CT molecular complexity index is 431. The third-order valence-electron chi connectivity index (χ3n) is 2.44. The van der Waals surface area contributed by atoms with E-state index in [1.807, 2.05) is 30.3 Å². The van der Waals surface area contributed by atoms with Crippen LogP contribution in [0.5, 0.6) is 0 Å². The number of alkyl carbamates (subject to hydrolysis) is 1. The van der Waals surface area contributed by atoms with Crippen molar-refractivity contribution in [2.75, 3.05) is 19.7 Å². The second kappa shape index (κ2) is 10.9. The molecule has 1 aromatic rings. The van der Waals surface area contributed by atoms with Gasteiger partial charge in [0, 0.05) is 13.1 Å². The van der Waals surface area contributed by atoms with Gasteiger partial charge in [-0.15, -0.1) is 12.4 Å². The van der Waals surface area contributed by atoms with E-state index in [0.717, 1.165) is 5.56 Å². The second-order valence-electron chi connectivity index (χ2n) is 4.07. The molecule has 0 aliphatic rings. The summed E-state index contributed by atoms with van der Waals surface area (Å²) < 4.78 is 4.98. The maximum absolute atomic E-state index is 11.3. The number of hydrogen-bond acceptors (Lipinski definition) is 5. The third-order valence-corrected chi connectivity index (χ3v) is 2.44. The van der Waals surface area contributed by atoms with Crippen molar-refractivity contribution in [3.63, 3.8) is 0 Å². The fourth-order valence-corrected chi connectivity index (χ4v) is 1.34. The molecule has 0 aliphatic heterocycles. The van der Waals surface area contributed by atoms with Gasteiger partial charge in [-0.3, -0.25) is 4.79 Å². The minimum absolute atomic E-state index is 0. The molecular formula is C13H20ClN3O4. The maximum Gasteiger partial charge on any atom is 0.407 e. The van der Waals surface area contributed by atoms with Gasteiger partial charge in [-0.2, -0.15) is 0 Å². The van der Waals surface area contributed by atoms with Gasteiger partial charge in [-0.25, -0.2) is 4.79 Å². The molecule has 0 spiro atoms. The molecule has 118 valence electrons. The molecule has 7 nitrogen and oxygen atoms in total. The van der Waals surface area contributed by atoms with E-state index in [9.17, 15) is 9.59 Å². The molecule has 2 amide bonds. The number of amides is 2. The monoisotopic (exact) mass is 317 g/mol. The second-order valence-corrected chi connectivity index (χ2v) is 4.07. The average molecular weight is 318 g/mol. The van der Waals surface area contributed by atoms with Crippen LogP contribution in [-0.2, 0) is 16.1 Å². The lowest BCUT2D eigenvalue weighted by molar-refractivity contribution is -0.123. The Morgan fingerprint density at radius 1 is 1.19 bits per heavy atom. The van der Waals surface area contributed by atoms with Crippen LogP contribution in [0.25, 0.3) is 0 Å². The molecule has 0 aromatic heterocycles. The molecule has 0 fully saturated rings. The lowest BCUT2D eigenvalue weighted by atomic mass is 10.2. The number of aliphatic hydroxyl groups is 1. The van der Waals surface area contributed by atoms with Crippen LogP contribution in [0.15, 0.2) is 30.3 Å². The van der Waals surface area contributed by atoms with E-state index in [2.05, 4.69) is 10.6 Å².